The summed E-state index contributed by atoms with van der Waals surface area (Å²) in [4.78, 5) is 32.6. The van der Waals surface area contributed by atoms with Gasteiger partial charge in [0.1, 0.15) is 17.4 Å². The van der Waals surface area contributed by atoms with Crippen LogP contribution >= 0.6 is 0 Å². The van der Waals surface area contributed by atoms with Crippen LogP contribution in [-0.2, 0) is 27.2 Å². The van der Waals surface area contributed by atoms with Gasteiger partial charge in [0.05, 0.1) is 0 Å². The van der Waals surface area contributed by atoms with Crippen molar-refractivity contribution < 1.29 is 19.4 Å². The number of aryl methyl sites for hydroxylation is 2. The summed E-state index contributed by atoms with van der Waals surface area (Å²) in [6.07, 6.45) is 12.9. The first-order chi connectivity index (χ1) is 19.5. The number of amides is 1. The van der Waals surface area contributed by atoms with Crippen LogP contribution in [-0.4, -0.2) is 53.3 Å². The van der Waals surface area contributed by atoms with Gasteiger partial charge in [-0.25, -0.2) is 9.78 Å². The van der Waals surface area contributed by atoms with E-state index in [0.717, 1.165) is 80.0 Å². The Kier molecular flexibility index (Phi) is 7.61. The summed E-state index contributed by atoms with van der Waals surface area (Å²) >= 11 is 0. The number of aromatic nitrogens is 1. The van der Waals surface area contributed by atoms with Crippen LogP contribution in [0.4, 0.5) is 11.5 Å². The summed E-state index contributed by atoms with van der Waals surface area (Å²) in [5, 5.41) is 16.1. The molecule has 1 unspecified atom stereocenters. The lowest BCUT2D eigenvalue weighted by molar-refractivity contribution is -0.142. The molecule has 2 aromatic rings. The van der Waals surface area contributed by atoms with E-state index in [1.165, 1.54) is 11.1 Å². The Balaban J connectivity index is 0.989. The van der Waals surface area contributed by atoms with Gasteiger partial charge in [-0.3, -0.25) is 4.79 Å². The van der Waals surface area contributed by atoms with Gasteiger partial charge in [-0.1, -0.05) is 30.3 Å². The van der Waals surface area contributed by atoms with Gasteiger partial charge in [-0.05, 0) is 92.7 Å². The molecule has 2 saturated carbocycles. The van der Waals surface area contributed by atoms with Crippen molar-refractivity contribution in [3.8, 4) is 0 Å². The quantitative estimate of drug-likeness (QED) is 0.329. The minimum absolute atomic E-state index is 0.212. The van der Waals surface area contributed by atoms with Crippen LogP contribution < -0.4 is 15.5 Å². The van der Waals surface area contributed by atoms with Crippen LogP contribution in [0, 0.1) is 0 Å². The van der Waals surface area contributed by atoms with Gasteiger partial charge in [0.15, 0.2) is 0 Å². The molecule has 0 saturated heterocycles. The number of anilines is 2. The smallest absolute Gasteiger partial charge is 0.326 e. The number of pyridine rings is 1. The third-order valence-corrected chi connectivity index (χ3v) is 8.35. The lowest BCUT2D eigenvalue weighted by atomic mass is 10.0. The number of carboxylic acid groups (broad SMARTS) is 1. The molecule has 2 aliphatic heterocycles. The topological polar surface area (TPSA) is 104 Å². The Hall–Kier alpha value is -3.65. The lowest BCUT2D eigenvalue weighted by Crippen LogP contribution is -2.54. The van der Waals surface area contributed by atoms with Crippen molar-refractivity contribution in [3.63, 3.8) is 0 Å². The summed E-state index contributed by atoms with van der Waals surface area (Å²) < 4.78 is 5.77. The number of carboxylic acids is 1. The Morgan fingerprint density at radius 2 is 1.93 bits per heavy atom. The average Bonchev–Trinajstić information content (AvgIpc) is 3.90. The van der Waals surface area contributed by atoms with E-state index in [4.69, 9.17) is 9.72 Å². The van der Waals surface area contributed by atoms with Crippen molar-refractivity contribution in [2.75, 3.05) is 30.0 Å². The molecule has 210 valence electrons. The first kappa shape index (κ1) is 26.6. The van der Waals surface area contributed by atoms with Crippen molar-refractivity contribution >= 4 is 29.5 Å². The van der Waals surface area contributed by atoms with Crippen molar-refractivity contribution in [2.24, 2.45) is 0 Å². The molecule has 0 spiro atoms. The molecule has 8 nitrogen and oxygen atoms in total. The highest BCUT2D eigenvalue weighted by Gasteiger charge is 2.57. The van der Waals surface area contributed by atoms with Gasteiger partial charge in [0.2, 0.25) is 5.91 Å². The zero-order chi connectivity index (χ0) is 27.5. The Bertz CT molecular complexity index is 1340. The van der Waals surface area contributed by atoms with E-state index in [0.29, 0.717) is 19.4 Å². The van der Waals surface area contributed by atoms with Gasteiger partial charge in [0, 0.05) is 43.3 Å². The number of hydrogen-bond donors (Lipinski definition) is 3. The van der Waals surface area contributed by atoms with Gasteiger partial charge in [0.25, 0.3) is 0 Å². The van der Waals surface area contributed by atoms with Crippen LogP contribution in [0.3, 0.4) is 0 Å². The van der Waals surface area contributed by atoms with E-state index in [2.05, 4.69) is 52.0 Å². The molecule has 3 heterocycles. The molecule has 0 radical (unpaired) electrons. The second-order valence-corrected chi connectivity index (χ2v) is 11.3. The molecule has 4 aliphatic rings. The number of nitrogens with zero attached hydrogens (tertiary/aromatic N) is 2. The van der Waals surface area contributed by atoms with Crippen LogP contribution in [0.2, 0.25) is 0 Å². The molecular weight excluding hydrogens is 504 g/mol. The minimum atomic E-state index is -1.03. The van der Waals surface area contributed by atoms with Crippen LogP contribution in [0.1, 0.15) is 68.2 Å². The standard InChI is InChI=1S/C32H38N4O4/c37-30(38)26(16-21-40-20-4-3-8-25-14-12-24-7-5-19-33-29(24)34-25)35-31(39)32(17-18-32)36-27-9-2-1-6-22(27)13-15-28(36)23-10-11-23/h1-2,6,9,12-15,26H,3-5,7-8,10-11,16-21H2,(H,33,34)(H,35,39)(H,37,38). The fraction of sp³-hybridized carbons (Fsp3) is 0.469. The van der Waals surface area contributed by atoms with Gasteiger partial charge < -0.3 is 25.4 Å². The predicted octanol–water partition coefficient (Wildman–Crippen LogP) is 4.85. The Labute approximate surface area is 235 Å². The molecule has 1 aromatic carbocycles. The molecule has 3 N–H and O–H groups in total. The molecule has 40 heavy (non-hydrogen) atoms. The molecule has 2 fully saturated rings. The molecular formula is C32H38N4O4. The first-order valence-electron chi connectivity index (χ1n) is 14.7. The number of aliphatic carboxylic acids is 1. The number of unbranched alkanes of at least 4 members (excludes halogenated alkanes) is 1. The number of nitrogens with one attached hydrogen (secondary N) is 2. The number of carbonyl (C=O) groups excluding carboxylic acids is 1. The van der Waals surface area contributed by atoms with E-state index in [1.807, 2.05) is 12.1 Å². The number of benzene rings is 1. The van der Waals surface area contributed by atoms with E-state index in [9.17, 15) is 14.7 Å². The van der Waals surface area contributed by atoms with Crippen LogP contribution in [0.25, 0.3) is 6.08 Å². The Morgan fingerprint density at radius 1 is 1.07 bits per heavy atom. The molecule has 8 heteroatoms. The van der Waals surface area contributed by atoms with E-state index >= 15 is 0 Å². The van der Waals surface area contributed by atoms with Gasteiger partial charge in [-0.2, -0.15) is 0 Å². The average molecular weight is 543 g/mol. The number of allylic oxidation sites excluding steroid dienone is 2. The molecule has 1 aromatic heterocycles. The number of rotatable bonds is 12. The highest BCUT2D eigenvalue weighted by atomic mass is 16.5. The Morgan fingerprint density at radius 3 is 2.73 bits per heavy atom. The maximum atomic E-state index is 13.6. The molecule has 1 atom stereocenters. The van der Waals surface area contributed by atoms with Crippen LogP contribution in [0.15, 0.2) is 53.7 Å². The van der Waals surface area contributed by atoms with E-state index < -0.39 is 17.6 Å². The van der Waals surface area contributed by atoms with Gasteiger partial charge in [-0.15, -0.1) is 0 Å². The number of hydrogen-bond acceptors (Lipinski definition) is 6. The number of carbonyl (C=O) groups is 2. The normalized spacial score (nSPS) is 18.9. The maximum absolute atomic E-state index is 13.6. The number of ether oxygens (including phenoxy) is 1. The summed E-state index contributed by atoms with van der Waals surface area (Å²) in [5.74, 6) is -0.216. The van der Waals surface area contributed by atoms with Crippen molar-refractivity contribution in [1.29, 1.82) is 0 Å². The largest absolute Gasteiger partial charge is 0.480 e. The molecule has 0 bridgehead atoms. The SMILES string of the molecule is O=C(O)C(CCOCCCCc1ccc2c(n1)NCCC2)NC(=O)C1(N2C(=C3CC3)C=Cc3ccccc32)CC1. The monoisotopic (exact) mass is 542 g/mol. The zero-order valence-corrected chi connectivity index (χ0v) is 23.0. The third kappa shape index (κ3) is 5.63. The first-order valence-corrected chi connectivity index (χ1v) is 14.7. The zero-order valence-electron chi connectivity index (χ0n) is 23.0. The minimum Gasteiger partial charge on any atom is -0.480 e. The van der Waals surface area contributed by atoms with Crippen LogP contribution in [0.5, 0.6) is 0 Å². The molecule has 1 amide bonds. The second kappa shape index (κ2) is 11.5. The lowest BCUT2D eigenvalue weighted by Gasteiger charge is -2.37. The highest BCUT2D eigenvalue weighted by molar-refractivity contribution is 5.98. The summed E-state index contributed by atoms with van der Waals surface area (Å²) in [6.45, 7) is 1.83. The fourth-order valence-electron chi connectivity index (χ4n) is 5.80. The summed E-state index contributed by atoms with van der Waals surface area (Å²) in [6, 6.07) is 11.4. The second-order valence-electron chi connectivity index (χ2n) is 11.3. The predicted molar refractivity (Wildman–Crippen MR) is 155 cm³/mol. The molecule has 6 rings (SSSR count). The van der Waals surface area contributed by atoms with E-state index in [-0.39, 0.29) is 18.9 Å². The maximum Gasteiger partial charge on any atom is 0.326 e. The van der Waals surface area contributed by atoms with Crippen molar-refractivity contribution in [3.05, 3.63) is 70.6 Å². The molecule has 2 aliphatic carbocycles. The summed E-state index contributed by atoms with van der Waals surface area (Å²) in [7, 11) is 0. The number of fused-ring (bicyclic) bond motifs is 2. The third-order valence-electron chi connectivity index (χ3n) is 8.35. The fourth-order valence-corrected chi connectivity index (χ4v) is 5.80. The highest BCUT2D eigenvalue weighted by Crippen LogP contribution is 2.52. The van der Waals surface area contributed by atoms with Crippen molar-refractivity contribution in [2.45, 2.75) is 75.8 Å². The van der Waals surface area contributed by atoms with Gasteiger partial charge >= 0.3 is 5.97 Å². The summed E-state index contributed by atoms with van der Waals surface area (Å²) in [5.41, 5.74) is 6.20. The van der Waals surface area contributed by atoms with Crippen molar-refractivity contribution in [1.82, 2.24) is 10.3 Å². The number of para-hydroxylation sites is 1. The van der Waals surface area contributed by atoms with E-state index in [1.54, 1.807) is 0 Å².